The Morgan fingerprint density at radius 2 is 2.03 bits per heavy atom. The summed E-state index contributed by atoms with van der Waals surface area (Å²) in [7, 11) is 0. The molecular formula is C24H32F3N5O3S. The Hall–Kier alpha value is -2.73. The predicted octanol–water partition coefficient (Wildman–Crippen LogP) is 4.39. The molecule has 36 heavy (non-hydrogen) atoms. The topological polar surface area (TPSA) is 107 Å². The number of likely N-dealkylation sites (tertiary alicyclic amines) is 1. The van der Waals surface area contributed by atoms with Gasteiger partial charge in [-0.1, -0.05) is 6.92 Å². The van der Waals surface area contributed by atoms with Crippen LogP contribution in [0, 0.1) is 6.92 Å². The van der Waals surface area contributed by atoms with Gasteiger partial charge >= 0.3 is 6.18 Å². The van der Waals surface area contributed by atoms with Gasteiger partial charge in [0.05, 0.1) is 17.0 Å². The number of nitrogens with one attached hydrogen (secondary N) is 2. The Labute approximate surface area is 212 Å². The second kappa shape index (κ2) is 11.1. The largest absolute Gasteiger partial charge is 0.408 e. The average molecular weight is 528 g/mol. The number of aryl methyl sites for hydroxylation is 1. The minimum Gasteiger partial charge on any atom is -0.391 e. The molecule has 0 spiro atoms. The maximum absolute atomic E-state index is 13.4. The molecule has 2 aromatic rings. The van der Waals surface area contributed by atoms with Gasteiger partial charge in [-0.2, -0.15) is 13.2 Å². The number of aromatic nitrogens is 2. The molecular weight excluding hydrogens is 495 g/mol. The lowest BCUT2D eigenvalue weighted by atomic mass is 10.1. The van der Waals surface area contributed by atoms with Gasteiger partial charge in [-0.3, -0.25) is 9.59 Å². The van der Waals surface area contributed by atoms with E-state index in [1.165, 1.54) is 19.2 Å². The Bertz CT molecular complexity index is 1110. The molecule has 0 aromatic carbocycles. The molecule has 0 unspecified atom stereocenters. The number of pyridine rings is 1. The zero-order valence-electron chi connectivity index (χ0n) is 20.9. The van der Waals surface area contributed by atoms with E-state index in [9.17, 15) is 27.9 Å². The highest BCUT2D eigenvalue weighted by atomic mass is 32.1. The van der Waals surface area contributed by atoms with Crippen molar-refractivity contribution >= 4 is 29.0 Å². The van der Waals surface area contributed by atoms with E-state index in [0.29, 0.717) is 22.5 Å². The van der Waals surface area contributed by atoms with Crippen molar-refractivity contribution in [3.8, 4) is 10.4 Å². The van der Waals surface area contributed by atoms with Crippen molar-refractivity contribution < 1.29 is 27.9 Å². The van der Waals surface area contributed by atoms with E-state index >= 15 is 0 Å². The maximum Gasteiger partial charge on any atom is 0.408 e. The number of halogens is 3. The van der Waals surface area contributed by atoms with Crippen LogP contribution in [-0.4, -0.2) is 68.7 Å². The number of alkyl halides is 3. The van der Waals surface area contributed by atoms with Crippen molar-refractivity contribution in [1.82, 2.24) is 20.2 Å². The summed E-state index contributed by atoms with van der Waals surface area (Å²) in [5.74, 6) is -0.767. The van der Waals surface area contributed by atoms with Crippen LogP contribution in [0.15, 0.2) is 12.3 Å². The van der Waals surface area contributed by atoms with Crippen LogP contribution in [0.1, 0.15) is 72.8 Å². The number of rotatable bonds is 8. The van der Waals surface area contributed by atoms with E-state index in [0.717, 1.165) is 24.2 Å². The summed E-state index contributed by atoms with van der Waals surface area (Å²) in [6, 6.07) is -0.750. The van der Waals surface area contributed by atoms with Crippen molar-refractivity contribution in [2.75, 3.05) is 11.9 Å². The van der Waals surface area contributed by atoms with Crippen molar-refractivity contribution in [2.24, 2.45) is 0 Å². The second-order valence-corrected chi connectivity index (χ2v) is 10.2. The molecule has 0 aliphatic carbocycles. The summed E-state index contributed by atoms with van der Waals surface area (Å²) in [5, 5.41) is 14.9. The Morgan fingerprint density at radius 3 is 2.56 bits per heavy atom. The summed E-state index contributed by atoms with van der Waals surface area (Å²) in [5.41, 5.74) is 1.20. The van der Waals surface area contributed by atoms with Crippen LogP contribution in [0.3, 0.4) is 0 Å². The summed E-state index contributed by atoms with van der Waals surface area (Å²) in [6.45, 7) is 8.87. The fraction of sp³-hybridized carbons (Fsp3) is 0.583. The number of anilines is 1. The zero-order chi connectivity index (χ0) is 26.8. The molecule has 12 heteroatoms. The third-order valence-electron chi connectivity index (χ3n) is 6.40. The lowest BCUT2D eigenvalue weighted by Gasteiger charge is -2.22. The molecule has 3 heterocycles. The Balaban J connectivity index is 2.00. The van der Waals surface area contributed by atoms with E-state index in [4.69, 9.17) is 0 Å². The number of hydrogen-bond acceptors (Lipinski definition) is 7. The van der Waals surface area contributed by atoms with Gasteiger partial charge in [-0.15, -0.1) is 11.3 Å². The van der Waals surface area contributed by atoms with Gasteiger partial charge in [0.2, 0.25) is 0 Å². The van der Waals surface area contributed by atoms with Gasteiger partial charge in [-0.25, -0.2) is 9.97 Å². The summed E-state index contributed by atoms with van der Waals surface area (Å²) >= 11 is 1.01. The predicted molar refractivity (Wildman–Crippen MR) is 132 cm³/mol. The molecule has 0 saturated carbocycles. The van der Waals surface area contributed by atoms with Crippen LogP contribution >= 0.6 is 11.3 Å². The van der Waals surface area contributed by atoms with Gasteiger partial charge in [0.15, 0.2) is 5.01 Å². The molecule has 1 saturated heterocycles. The number of thiazole rings is 1. The minimum absolute atomic E-state index is 0.0266. The number of aliphatic hydroxyl groups excluding tert-OH is 1. The number of nitrogens with zero attached hydrogens (tertiary/aromatic N) is 3. The van der Waals surface area contributed by atoms with Gasteiger partial charge in [0, 0.05) is 24.3 Å². The van der Waals surface area contributed by atoms with E-state index < -0.39 is 30.3 Å². The monoisotopic (exact) mass is 527 g/mol. The van der Waals surface area contributed by atoms with E-state index in [1.807, 2.05) is 6.92 Å². The highest BCUT2D eigenvalue weighted by Crippen LogP contribution is 2.35. The second-order valence-electron chi connectivity index (χ2n) is 9.22. The van der Waals surface area contributed by atoms with Gasteiger partial charge in [-0.05, 0) is 58.6 Å². The molecule has 4 atom stereocenters. The molecule has 1 aliphatic heterocycles. The lowest BCUT2D eigenvalue weighted by Crippen LogP contribution is -2.39. The maximum atomic E-state index is 13.4. The summed E-state index contributed by atoms with van der Waals surface area (Å²) < 4.78 is 39.6. The smallest absolute Gasteiger partial charge is 0.391 e. The standard InChI is InChI=1S/C24H32F3N5O3S/c1-6-17(24(25,26)27)30-18-10-12(2)16(11-28-18)20-19(23(35)32-9-7-8-13(32)3)31-22(36-20)21(34)29-14(4)15(5)33/h10-11,13-15,17,33H,6-9H2,1-5H3,(H,28,30)(H,29,34)/t13-,14-,15-,17-/m0/s1. The Morgan fingerprint density at radius 1 is 1.33 bits per heavy atom. The van der Waals surface area contributed by atoms with Crippen LogP contribution in [0.25, 0.3) is 10.4 Å². The Kier molecular flexibility index (Phi) is 8.60. The third-order valence-corrected chi connectivity index (χ3v) is 7.49. The minimum atomic E-state index is -4.42. The SMILES string of the molecule is CC[C@H](Nc1cc(C)c(-c2sc(C(=O)N[C@@H](C)[C@H](C)O)nc2C(=O)N2CCC[C@@H]2C)cn1)C(F)(F)F. The number of amides is 2. The first-order valence-corrected chi connectivity index (χ1v) is 12.8. The summed E-state index contributed by atoms with van der Waals surface area (Å²) in [4.78, 5) is 36.9. The van der Waals surface area contributed by atoms with Gasteiger partial charge in [0.25, 0.3) is 11.8 Å². The van der Waals surface area contributed by atoms with Crippen molar-refractivity contribution in [1.29, 1.82) is 0 Å². The molecule has 1 aliphatic rings. The quantitative estimate of drug-likeness (QED) is 0.470. The van der Waals surface area contributed by atoms with Crippen LogP contribution in [0.5, 0.6) is 0 Å². The third kappa shape index (κ3) is 6.15. The molecule has 198 valence electrons. The zero-order valence-corrected chi connectivity index (χ0v) is 21.8. The first-order valence-electron chi connectivity index (χ1n) is 11.9. The molecule has 3 N–H and O–H groups in total. The van der Waals surface area contributed by atoms with Gasteiger partial charge < -0.3 is 20.6 Å². The molecule has 0 radical (unpaired) electrons. The van der Waals surface area contributed by atoms with E-state index in [1.54, 1.807) is 25.7 Å². The number of carbonyl (C=O) groups excluding carboxylic acids is 2. The number of hydrogen-bond donors (Lipinski definition) is 3. The van der Waals surface area contributed by atoms with Crippen molar-refractivity contribution in [3.05, 3.63) is 28.5 Å². The number of aliphatic hydroxyl groups is 1. The molecule has 2 amide bonds. The highest BCUT2D eigenvalue weighted by Gasteiger charge is 2.38. The van der Waals surface area contributed by atoms with Crippen LogP contribution in [0.2, 0.25) is 0 Å². The fourth-order valence-corrected chi connectivity index (χ4v) is 5.01. The van der Waals surface area contributed by atoms with Gasteiger partial charge in [0.1, 0.15) is 17.6 Å². The summed E-state index contributed by atoms with van der Waals surface area (Å²) in [6.07, 6.45) is -2.23. The lowest BCUT2D eigenvalue weighted by molar-refractivity contribution is -0.142. The van der Waals surface area contributed by atoms with Crippen molar-refractivity contribution in [3.63, 3.8) is 0 Å². The molecule has 1 fully saturated rings. The van der Waals surface area contributed by atoms with Crippen LogP contribution < -0.4 is 10.6 Å². The molecule has 3 rings (SSSR count). The van der Waals surface area contributed by atoms with E-state index in [-0.39, 0.29) is 34.9 Å². The first kappa shape index (κ1) is 27.9. The van der Waals surface area contributed by atoms with Crippen LogP contribution in [-0.2, 0) is 0 Å². The fourth-order valence-electron chi connectivity index (χ4n) is 3.97. The average Bonchev–Trinajstić information content (AvgIpc) is 3.43. The molecule has 0 bridgehead atoms. The first-order chi connectivity index (χ1) is 16.8. The highest BCUT2D eigenvalue weighted by molar-refractivity contribution is 7.17. The molecule has 8 nitrogen and oxygen atoms in total. The van der Waals surface area contributed by atoms with Crippen LogP contribution in [0.4, 0.5) is 19.0 Å². The number of carbonyl (C=O) groups is 2. The normalized spacial score (nSPS) is 18.6. The molecule has 2 aromatic heterocycles. The van der Waals surface area contributed by atoms with Crippen molar-refractivity contribution in [2.45, 2.75) is 84.3 Å². The van der Waals surface area contributed by atoms with E-state index in [2.05, 4.69) is 20.6 Å².